The summed E-state index contributed by atoms with van der Waals surface area (Å²) in [6, 6.07) is 6.21. The zero-order valence-electron chi connectivity index (χ0n) is 15.6. The predicted molar refractivity (Wildman–Crippen MR) is 98.8 cm³/mol. The number of quaternary nitrogens is 1. The van der Waals surface area contributed by atoms with Crippen molar-refractivity contribution < 1.29 is 18.5 Å². The van der Waals surface area contributed by atoms with Gasteiger partial charge in [-0.1, -0.05) is 6.92 Å². The minimum Gasteiger partial charge on any atom is -0.332 e. The van der Waals surface area contributed by atoms with E-state index in [-0.39, 0.29) is 22.4 Å². The first-order chi connectivity index (χ1) is 11.7. The Morgan fingerprint density at radius 2 is 1.80 bits per heavy atom. The third-order valence-corrected chi connectivity index (χ3v) is 6.76. The number of rotatable bonds is 7. The SMILES string of the molecule is CCC(C)(C)[NH2+][C@@H](C)C(=O)Nc1ccc(S(=O)(=O)N2CCCC2)cc1. The van der Waals surface area contributed by atoms with Crippen LogP contribution in [0, 0.1) is 0 Å². The predicted octanol–water partition coefficient (Wildman–Crippen LogP) is 1.55. The van der Waals surface area contributed by atoms with E-state index in [9.17, 15) is 13.2 Å². The number of benzene rings is 1. The Morgan fingerprint density at radius 3 is 2.32 bits per heavy atom. The summed E-state index contributed by atoms with van der Waals surface area (Å²) in [6.07, 6.45) is 2.79. The molecule has 3 N–H and O–H groups in total. The molecule has 2 rings (SSSR count). The normalized spacial score (nSPS) is 17.4. The molecule has 1 saturated heterocycles. The number of hydrogen-bond donors (Lipinski definition) is 2. The highest BCUT2D eigenvalue weighted by molar-refractivity contribution is 7.89. The highest BCUT2D eigenvalue weighted by Crippen LogP contribution is 2.22. The summed E-state index contributed by atoms with van der Waals surface area (Å²) < 4.78 is 26.5. The van der Waals surface area contributed by atoms with Crippen LogP contribution < -0.4 is 10.6 Å². The van der Waals surface area contributed by atoms with Crippen LogP contribution >= 0.6 is 0 Å². The third-order valence-electron chi connectivity index (χ3n) is 4.85. The molecule has 1 heterocycles. The van der Waals surface area contributed by atoms with Gasteiger partial charge in [-0.25, -0.2) is 8.42 Å². The molecule has 0 radical (unpaired) electrons. The van der Waals surface area contributed by atoms with Gasteiger partial charge >= 0.3 is 0 Å². The number of nitrogens with zero attached hydrogens (tertiary/aromatic N) is 1. The monoisotopic (exact) mass is 368 g/mol. The Hall–Kier alpha value is -1.44. The second-order valence-corrected chi connectivity index (χ2v) is 9.36. The minimum absolute atomic E-state index is 0.00439. The van der Waals surface area contributed by atoms with Gasteiger partial charge in [0.2, 0.25) is 10.0 Å². The zero-order valence-corrected chi connectivity index (χ0v) is 16.4. The molecule has 0 unspecified atom stereocenters. The van der Waals surface area contributed by atoms with E-state index >= 15 is 0 Å². The maximum absolute atomic E-state index is 12.5. The molecule has 0 aromatic heterocycles. The van der Waals surface area contributed by atoms with Gasteiger partial charge in [-0.05, 0) is 64.3 Å². The van der Waals surface area contributed by atoms with Crippen LogP contribution in [0.3, 0.4) is 0 Å². The number of nitrogens with one attached hydrogen (secondary N) is 1. The van der Waals surface area contributed by atoms with Crippen LogP contribution in [-0.4, -0.2) is 43.3 Å². The molecular formula is C18H30N3O3S+. The van der Waals surface area contributed by atoms with Crippen LogP contribution in [0.15, 0.2) is 29.2 Å². The van der Waals surface area contributed by atoms with Crippen LogP contribution in [0.4, 0.5) is 5.69 Å². The summed E-state index contributed by atoms with van der Waals surface area (Å²) in [7, 11) is -3.41. The van der Waals surface area contributed by atoms with E-state index in [1.165, 1.54) is 4.31 Å². The van der Waals surface area contributed by atoms with E-state index in [2.05, 4.69) is 31.4 Å². The quantitative estimate of drug-likeness (QED) is 0.766. The first-order valence-electron chi connectivity index (χ1n) is 8.93. The fourth-order valence-corrected chi connectivity index (χ4v) is 4.43. The molecule has 25 heavy (non-hydrogen) atoms. The first-order valence-corrected chi connectivity index (χ1v) is 10.4. The smallest absolute Gasteiger partial charge is 0.282 e. The standard InChI is InChI=1S/C18H29N3O3S/c1-5-18(3,4)20-14(2)17(22)19-15-8-10-16(11-9-15)25(23,24)21-12-6-7-13-21/h8-11,14,20H,5-7,12-13H2,1-4H3,(H,19,22)/p+1/t14-/m0/s1. The third kappa shape index (κ3) is 5.03. The molecule has 1 atom stereocenters. The van der Waals surface area contributed by atoms with Gasteiger partial charge in [0.05, 0.1) is 10.4 Å². The average Bonchev–Trinajstić information content (AvgIpc) is 3.10. The Morgan fingerprint density at radius 1 is 1.24 bits per heavy atom. The number of carbonyl (C=O) groups excluding carboxylic acids is 1. The van der Waals surface area contributed by atoms with Crippen LogP contribution in [-0.2, 0) is 14.8 Å². The van der Waals surface area contributed by atoms with E-state index in [0.29, 0.717) is 18.8 Å². The lowest BCUT2D eigenvalue weighted by molar-refractivity contribution is -0.737. The second-order valence-electron chi connectivity index (χ2n) is 7.42. The topological polar surface area (TPSA) is 83.1 Å². The Bertz CT molecular complexity index is 693. The molecular weight excluding hydrogens is 338 g/mol. The van der Waals surface area contributed by atoms with Crippen molar-refractivity contribution in [1.29, 1.82) is 0 Å². The summed E-state index contributed by atoms with van der Waals surface area (Å²) >= 11 is 0. The number of hydrogen-bond acceptors (Lipinski definition) is 3. The van der Waals surface area contributed by atoms with Gasteiger partial charge in [-0.15, -0.1) is 0 Å². The molecule has 1 amide bonds. The molecule has 1 aliphatic heterocycles. The van der Waals surface area contributed by atoms with Gasteiger partial charge < -0.3 is 10.6 Å². The number of amides is 1. The average molecular weight is 369 g/mol. The van der Waals surface area contributed by atoms with Gasteiger partial charge in [0.25, 0.3) is 5.91 Å². The molecule has 0 bridgehead atoms. The van der Waals surface area contributed by atoms with Crippen LogP contribution in [0.2, 0.25) is 0 Å². The molecule has 1 aromatic rings. The fraction of sp³-hybridized carbons (Fsp3) is 0.611. The zero-order chi connectivity index (χ0) is 18.7. The van der Waals surface area contributed by atoms with Gasteiger partial charge in [0.15, 0.2) is 6.04 Å². The molecule has 7 heteroatoms. The van der Waals surface area contributed by atoms with Crippen molar-refractivity contribution in [2.24, 2.45) is 0 Å². The highest BCUT2D eigenvalue weighted by Gasteiger charge is 2.28. The lowest BCUT2D eigenvalue weighted by atomic mass is 10.0. The summed E-state index contributed by atoms with van der Waals surface area (Å²) in [4.78, 5) is 12.6. The number of nitrogens with two attached hydrogens (primary N) is 1. The molecule has 1 aromatic carbocycles. The fourth-order valence-electron chi connectivity index (χ4n) is 2.91. The van der Waals surface area contributed by atoms with E-state index < -0.39 is 10.0 Å². The van der Waals surface area contributed by atoms with E-state index in [0.717, 1.165) is 19.3 Å². The second kappa shape index (κ2) is 7.85. The summed E-state index contributed by atoms with van der Waals surface area (Å²) in [5.41, 5.74) is 0.615. The Balaban J connectivity index is 2.01. The van der Waals surface area contributed by atoms with Crippen molar-refractivity contribution in [2.75, 3.05) is 18.4 Å². The summed E-state index contributed by atoms with van der Waals surface area (Å²) in [5.74, 6) is -0.0864. The molecule has 1 aliphatic rings. The molecule has 6 nitrogen and oxygen atoms in total. The maximum atomic E-state index is 12.5. The van der Waals surface area contributed by atoms with Gasteiger partial charge in [0.1, 0.15) is 0 Å². The van der Waals surface area contributed by atoms with Gasteiger partial charge in [-0.3, -0.25) is 4.79 Å². The number of anilines is 1. The minimum atomic E-state index is -3.41. The van der Waals surface area contributed by atoms with Crippen molar-refractivity contribution >= 4 is 21.6 Å². The van der Waals surface area contributed by atoms with Crippen LogP contribution in [0.5, 0.6) is 0 Å². The highest BCUT2D eigenvalue weighted by atomic mass is 32.2. The van der Waals surface area contributed by atoms with Crippen LogP contribution in [0.25, 0.3) is 0 Å². The number of carbonyl (C=O) groups is 1. The maximum Gasteiger partial charge on any atom is 0.282 e. The molecule has 0 saturated carbocycles. The first kappa shape index (κ1) is 19.9. The molecule has 1 fully saturated rings. The molecule has 0 spiro atoms. The van der Waals surface area contributed by atoms with Crippen molar-refractivity contribution in [3.63, 3.8) is 0 Å². The van der Waals surface area contributed by atoms with E-state index in [4.69, 9.17) is 0 Å². The Kier molecular flexibility index (Phi) is 6.24. The van der Waals surface area contributed by atoms with Crippen LogP contribution in [0.1, 0.15) is 47.0 Å². The number of sulfonamides is 1. The molecule has 0 aliphatic carbocycles. The van der Waals surface area contributed by atoms with Crippen molar-refractivity contribution in [3.8, 4) is 0 Å². The van der Waals surface area contributed by atoms with Crippen molar-refractivity contribution in [3.05, 3.63) is 24.3 Å². The summed E-state index contributed by atoms with van der Waals surface area (Å²) in [5, 5.41) is 4.91. The summed E-state index contributed by atoms with van der Waals surface area (Å²) in [6.45, 7) is 9.35. The lowest BCUT2D eigenvalue weighted by Gasteiger charge is -2.24. The van der Waals surface area contributed by atoms with E-state index in [1.807, 2.05) is 6.92 Å². The lowest BCUT2D eigenvalue weighted by Crippen LogP contribution is -3.00. The van der Waals surface area contributed by atoms with Crippen molar-refractivity contribution in [1.82, 2.24) is 4.31 Å². The Labute approximate surface area is 151 Å². The van der Waals surface area contributed by atoms with E-state index in [1.54, 1.807) is 24.3 Å². The van der Waals surface area contributed by atoms with Gasteiger partial charge in [-0.2, -0.15) is 4.31 Å². The van der Waals surface area contributed by atoms with Gasteiger partial charge in [0, 0.05) is 18.8 Å². The molecule has 140 valence electrons. The largest absolute Gasteiger partial charge is 0.332 e. The van der Waals surface area contributed by atoms with Crippen molar-refractivity contribution in [2.45, 2.75) is 63.4 Å².